The first-order chi connectivity index (χ1) is 17.3. The van der Waals surface area contributed by atoms with Gasteiger partial charge in [0.1, 0.15) is 11.5 Å². The van der Waals surface area contributed by atoms with Gasteiger partial charge in [0.05, 0.1) is 34.5 Å². The maximum atomic E-state index is 13.1. The van der Waals surface area contributed by atoms with Crippen molar-refractivity contribution in [3.05, 3.63) is 93.0 Å². The molecule has 2 heterocycles. The van der Waals surface area contributed by atoms with E-state index in [1.807, 2.05) is 11.5 Å². The van der Waals surface area contributed by atoms with Crippen LogP contribution in [0.1, 0.15) is 30.5 Å². The van der Waals surface area contributed by atoms with E-state index in [9.17, 15) is 24.8 Å². The molecule has 0 bridgehead atoms. The predicted molar refractivity (Wildman–Crippen MR) is 132 cm³/mol. The van der Waals surface area contributed by atoms with E-state index in [4.69, 9.17) is 16.3 Å². The van der Waals surface area contributed by atoms with Crippen LogP contribution in [-0.2, 0) is 16.1 Å². The first-order valence-electron chi connectivity index (χ1n) is 11.2. The minimum absolute atomic E-state index is 0.114. The number of rotatable bonds is 9. The second kappa shape index (κ2) is 10.6. The Labute approximate surface area is 211 Å². The summed E-state index contributed by atoms with van der Waals surface area (Å²) in [6.07, 6.45) is 5.60. The van der Waals surface area contributed by atoms with E-state index in [1.165, 1.54) is 35.2 Å². The van der Waals surface area contributed by atoms with Crippen molar-refractivity contribution in [1.29, 1.82) is 0 Å². The number of non-ortho nitro benzene ring substituents is 1. The molecule has 1 aliphatic rings. The van der Waals surface area contributed by atoms with E-state index in [0.29, 0.717) is 30.9 Å². The third kappa shape index (κ3) is 4.94. The lowest BCUT2D eigenvalue weighted by Crippen LogP contribution is -2.31. The van der Waals surface area contributed by atoms with Crippen molar-refractivity contribution in [2.24, 2.45) is 0 Å². The van der Waals surface area contributed by atoms with Crippen molar-refractivity contribution < 1.29 is 24.4 Å². The fourth-order valence-corrected chi connectivity index (χ4v) is 4.39. The quantitative estimate of drug-likeness (QED) is 0.149. The minimum Gasteiger partial charge on any atom is -0.507 e. The molecule has 186 valence electrons. The van der Waals surface area contributed by atoms with Crippen molar-refractivity contribution in [3.8, 4) is 5.75 Å². The number of hydrogen-bond acceptors (Lipinski definition) is 7. The monoisotopic (exact) mass is 510 g/mol. The van der Waals surface area contributed by atoms with Crippen LogP contribution >= 0.6 is 11.6 Å². The first kappa shape index (κ1) is 24.9. The van der Waals surface area contributed by atoms with Crippen LogP contribution in [0.15, 0.2) is 66.8 Å². The highest BCUT2D eigenvalue weighted by Crippen LogP contribution is 2.40. The summed E-state index contributed by atoms with van der Waals surface area (Å²) in [6.45, 7) is 2.98. The molecule has 1 unspecified atom stereocenters. The van der Waals surface area contributed by atoms with Gasteiger partial charge in [-0.3, -0.25) is 19.7 Å². The first-order valence-corrected chi connectivity index (χ1v) is 11.6. The molecule has 0 radical (unpaired) electrons. The van der Waals surface area contributed by atoms with Crippen LogP contribution in [0.25, 0.3) is 5.76 Å². The number of ether oxygens (including phenoxy) is 1. The number of aromatic nitrogens is 2. The highest BCUT2D eigenvalue weighted by molar-refractivity contribution is 6.46. The second-order valence-electron chi connectivity index (χ2n) is 8.07. The van der Waals surface area contributed by atoms with Crippen LogP contribution in [-0.4, -0.2) is 49.3 Å². The molecule has 1 amide bonds. The van der Waals surface area contributed by atoms with E-state index in [0.717, 1.165) is 0 Å². The summed E-state index contributed by atoms with van der Waals surface area (Å²) in [5.74, 6) is -1.58. The van der Waals surface area contributed by atoms with Crippen molar-refractivity contribution >= 4 is 34.7 Å². The molecule has 1 aromatic heterocycles. The lowest BCUT2D eigenvalue weighted by atomic mass is 9.95. The maximum absolute atomic E-state index is 13.1. The molecular formula is C25H23ClN4O6. The van der Waals surface area contributed by atoms with Crippen molar-refractivity contribution in [2.75, 3.05) is 13.2 Å². The van der Waals surface area contributed by atoms with Crippen LogP contribution in [0.2, 0.25) is 5.02 Å². The zero-order valence-corrected chi connectivity index (χ0v) is 20.1. The second-order valence-corrected chi connectivity index (χ2v) is 8.48. The number of aryl methyl sites for hydroxylation is 1. The molecule has 1 saturated heterocycles. The standard InChI is InChI=1S/C25H23ClN4O6/c1-2-36-20-9-6-17(14-19(20)26)23(31)21-22(16-4-7-18(8-5-16)30(34)35)29(25(33)24(21)32)12-3-11-28-13-10-27-15-28/h4-10,13-15,22,31H,2-3,11-12H2,1H3/b23-21+. The number of aliphatic hydroxyl groups is 1. The number of nitrogens with zero attached hydrogens (tertiary/aromatic N) is 4. The molecule has 1 atom stereocenters. The summed E-state index contributed by atoms with van der Waals surface area (Å²) in [7, 11) is 0. The van der Waals surface area contributed by atoms with E-state index in [2.05, 4.69) is 4.98 Å². The van der Waals surface area contributed by atoms with E-state index >= 15 is 0 Å². The fraction of sp³-hybridized carbons (Fsp3) is 0.240. The number of amides is 1. The van der Waals surface area contributed by atoms with Gasteiger partial charge in [0.2, 0.25) is 0 Å². The summed E-state index contributed by atoms with van der Waals surface area (Å²) < 4.78 is 7.27. The maximum Gasteiger partial charge on any atom is 0.295 e. The van der Waals surface area contributed by atoms with Crippen LogP contribution in [0.3, 0.4) is 0 Å². The Morgan fingerprint density at radius 2 is 1.94 bits per heavy atom. The number of halogens is 1. The van der Waals surface area contributed by atoms with Crippen LogP contribution in [0, 0.1) is 10.1 Å². The van der Waals surface area contributed by atoms with Gasteiger partial charge < -0.3 is 19.3 Å². The van der Waals surface area contributed by atoms with Gasteiger partial charge in [-0.2, -0.15) is 0 Å². The van der Waals surface area contributed by atoms with Gasteiger partial charge in [0.15, 0.2) is 0 Å². The molecule has 4 rings (SSSR count). The molecule has 2 aromatic carbocycles. The topological polar surface area (TPSA) is 128 Å². The van der Waals surface area contributed by atoms with E-state index in [-0.39, 0.29) is 28.4 Å². The number of benzene rings is 2. The van der Waals surface area contributed by atoms with Crippen molar-refractivity contribution in [2.45, 2.75) is 25.9 Å². The summed E-state index contributed by atoms with van der Waals surface area (Å²) in [4.78, 5) is 42.2. The third-order valence-electron chi connectivity index (χ3n) is 5.84. The highest BCUT2D eigenvalue weighted by Gasteiger charge is 2.45. The molecular weight excluding hydrogens is 488 g/mol. The fourth-order valence-electron chi connectivity index (χ4n) is 4.15. The number of imidazole rings is 1. The molecule has 0 spiro atoms. The van der Waals surface area contributed by atoms with Crippen LogP contribution in [0.5, 0.6) is 5.75 Å². The molecule has 0 saturated carbocycles. The van der Waals surface area contributed by atoms with Gasteiger partial charge in [-0.05, 0) is 49.2 Å². The number of Topliss-reactive ketones (excluding diaryl/α,β-unsaturated/α-hetero) is 1. The van der Waals surface area contributed by atoms with Gasteiger partial charge >= 0.3 is 0 Å². The Kier molecular flexibility index (Phi) is 7.35. The molecule has 11 heteroatoms. The number of nitro benzene ring substituents is 1. The predicted octanol–water partition coefficient (Wildman–Crippen LogP) is 4.36. The number of nitro groups is 1. The van der Waals surface area contributed by atoms with Gasteiger partial charge in [0, 0.05) is 43.2 Å². The lowest BCUT2D eigenvalue weighted by molar-refractivity contribution is -0.384. The summed E-state index contributed by atoms with van der Waals surface area (Å²) in [6, 6.07) is 9.21. The molecule has 1 aliphatic heterocycles. The molecule has 1 N–H and O–H groups in total. The van der Waals surface area contributed by atoms with E-state index < -0.39 is 28.4 Å². The van der Waals surface area contributed by atoms with Gasteiger partial charge in [-0.25, -0.2) is 4.98 Å². The largest absolute Gasteiger partial charge is 0.507 e. The smallest absolute Gasteiger partial charge is 0.295 e. The Morgan fingerprint density at radius 1 is 1.19 bits per heavy atom. The van der Waals surface area contributed by atoms with Gasteiger partial charge in [0.25, 0.3) is 17.4 Å². The molecule has 36 heavy (non-hydrogen) atoms. The van der Waals surface area contributed by atoms with Crippen LogP contribution < -0.4 is 4.74 Å². The Balaban J connectivity index is 1.74. The highest BCUT2D eigenvalue weighted by atomic mass is 35.5. The number of ketones is 1. The zero-order valence-electron chi connectivity index (χ0n) is 19.3. The average Bonchev–Trinajstić information content (AvgIpc) is 3.47. The van der Waals surface area contributed by atoms with E-state index in [1.54, 1.807) is 30.9 Å². The Hall–Kier alpha value is -4.18. The third-order valence-corrected chi connectivity index (χ3v) is 6.13. The van der Waals surface area contributed by atoms with Gasteiger partial charge in [-0.1, -0.05) is 11.6 Å². The van der Waals surface area contributed by atoms with Crippen LogP contribution in [0.4, 0.5) is 5.69 Å². The average molecular weight is 511 g/mol. The van der Waals surface area contributed by atoms with Crippen molar-refractivity contribution in [1.82, 2.24) is 14.5 Å². The number of likely N-dealkylation sites (tertiary alicyclic amines) is 1. The number of carbonyl (C=O) groups excluding carboxylic acids is 2. The number of aliphatic hydroxyl groups excluding tert-OH is 1. The van der Waals surface area contributed by atoms with Crippen molar-refractivity contribution in [3.63, 3.8) is 0 Å². The minimum atomic E-state index is -0.932. The number of hydrogen-bond donors (Lipinski definition) is 1. The SMILES string of the molecule is CCOc1ccc(/C(O)=C2\C(=O)C(=O)N(CCCn3ccnc3)C2c2ccc([N+](=O)[O-])cc2)cc1Cl. The Morgan fingerprint density at radius 3 is 2.56 bits per heavy atom. The summed E-state index contributed by atoms with van der Waals surface area (Å²) in [5.41, 5.74) is 0.457. The summed E-state index contributed by atoms with van der Waals surface area (Å²) >= 11 is 6.28. The number of carbonyl (C=O) groups is 2. The Bertz CT molecular complexity index is 1320. The summed E-state index contributed by atoms with van der Waals surface area (Å²) in [5, 5.41) is 22.5. The lowest BCUT2D eigenvalue weighted by Gasteiger charge is -2.25. The molecule has 3 aromatic rings. The molecule has 1 fully saturated rings. The normalized spacial score (nSPS) is 16.9. The molecule has 0 aliphatic carbocycles. The zero-order chi connectivity index (χ0) is 25.8. The van der Waals surface area contributed by atoms with Gasteiger partial charge in [-0.15, -0.1) is 0 Å². The molecule has 10 nitrogen and oxygen atoms in total.